The minimum atomic E-state index is -4.90. The largest absolute Gasteiger partial charge is 0.573 e. The summed E-state index contributed by atoms with van der Waals surface area (Å²) in [6.45, 7) is 0. The number of halogens is 4. The lowest BCUT2D eigenvalue weighted by molar-refractivity contribution is -0.275. The summed E-state index contributed by atoms with van der Waals surface area (Å²) in [6, 6.07) is 1.49. The van der Waals surface area contributed by atoms with Crippen molar-refractivity contribution in [3.63, 3.8) is 0 Å². The van der Waals surface area contributed by atoms with Gasteiger partial charge in [-0.15, -0.1) is 13.2 Å². The average Bonchev–Trinajstić information content (AvgIpc) is 2.19. The Morgan fingerprint density at radius 2 is 2.12 bits per heavy atom. The van der Waals surface area contributed by atoms with Crippen LogP contribution in [-0.2, 0) is 0 Å². The van der Waals surface area contributed by atoms with E-state index in [1.165, 1.54) is 13.2 Å². The molecule has 0 saturated carbocycles. The van der Waals surface area contributed by atoms with Crippen LogP contribution in [0.3, 0.4) is 0 Å². The van der Waals surface area contributed by atoms with Gasteiger partial charge in [-0.3, -0.25) is 0 Å². The lowest BCUT2D eigenvalue weighted by Crippen LogP contribution is -2.18. The molecule has 0 aliphatic rings. The van der Waals surface area contributed by atoms with Crippen LogP contribution < -0.4 is 9.47 Å². The topological polar surface area (TPSA) is 55.1 Å². The molecule has 0 fully saturated rings. The van der Waals surface area contributed by atoms with Gasteiger partial charge in [-0.25, -0.2) is 4.98 Å². The van der Waals surface area contributed by atoms with E-state index in [4.69, 9.17) is 10.00 Å². The fraction of sp³-hybridized carbons (Fsp3) is 0.250. The molecule has 1 aromatic rings. The third-order valence-corrected chi connectivity index (χ3v) is 2.24. The number of nitrogens with zero attached hydrogens (tertiary/aromatic N) is 2. The van der Waals surface area contributed by atoms with Gasteiger partial charge in [-0.2, -0.15) is 5.26 Å². The summed E-state index contributed by atoms with van der Waals surface area (Å²) in [5, 5.41) is 8.58. The fourth-order valence-corrected chi connectivity index (χ4v) is 1.42. The van der Waals surface area contributed by atoms with Gasteiger partial charge in [0.1, 0.15) is 10.5 Å². The van der Waals surface area contributed by atoms with Gasteiger partial charge in [0.25, 0.3) is 0 Å². The number of hydrogen-bond donors (Lipinski definition) is 0. The van der Waals surface area contributed by atoms with Crippen molar-refractivity contribution < 1.29 is 22.6 Å². The van der Waals surface area contributed by atoms with E-state index in [0.29, 0.717) is 0 Å². The van der Waals surface area contributed by atoms with Crippen molar-refractivity contribution in [2.75, 3.05) is 7.11 Å². The minimum Gasteiger partial charge on any atom is -0.494 e. The zero-order valence-corrected chi connectivity index (χ0v) is 9.39. The Hall–Kier alpha value is -1.49. The number of ether oxygens (including phenoxy) is 2. The van der Waals surface area contributed by atoms with Gasteiger partial charge in [0.05, 0.1) is 13.3 Å². The first kappa shape index (κ1) is 12.6. The van der Waals surface area contributed by atoms with Crippen molar-refractivity contribution in [1.29, 1.82) is 5.26 Å². The van der Waals surface area contributed by atoms with Crippen molar-refractivity contribution >= 4 is 15.9 Å². The van der Waals surface area contributed by atoms with E-state index in [-0.39, 0.29) is 10.2 Å². The van der Waals surface area contributed by atoms with E-state index >= 15 is 0 Å². The molecule has 0 atom stereocenters. The molecule has 8 heteroatoms. The van der Waals surface area contributed by atoms with Gasteiger partial charge >= 0.3 is 6.36 Å². The quantitative estimate of drug-likeness (QED) is 0.842. The first-order valence-electron chi connectivity index (χ1n) is 3.77. The second-order valence-electron chi connectivity index (χ2n) is 2.48. The highest BCUT2D eigenvalue weighted by molar-refractivity contribution is 9.10. The van der Waals surface area contributed by atoms with Gasteiger partial charge < -0.3 is 9.47 Å². The van der Waals surface area contributed by atoms with E-state index in [1.54, 1.807) is 0 Å². The third kappa shape index (κ3) is 2.76. The van der Waals surface area contributed by atoms with Crippen molar-refractivity contribution in [2.45, 2.75) is 6.36 Å². The van der Waals surface area contributed by atoms with E-state index < -0.39 is 17.8 Å². The molecule has 0 aliphatic heterocycles. The van der Waals surface area contributed by atoms with Crippen LogP contribution in [0.25, 0.3) is 0 Å². The van der Waals surface area contributed by atoms with E-state index in [0.717, 1.165) is 6.20 Å². The molecule has 86 valence electrons. The number of hydrogen-bond acceptors (Lipinski definition) is 4. The van der Waals surface area contributed by atoms with Gasteiger partial charge in [-0.05, 0) is 15.9 Å². The predicted octanol–water partition coefficient (Wildman–Crippen LogP) is 2.62. The molecular formula is C8H4BrF3N2O2. The molecule has 0 spiro atoms. The van der Waals surface area contributed by atoms with E-state index in [1.807, 2.05) is 0 Å². The first-order valence-corrected chi connectivity index (χ1v) is 4.56. The Morgan fingerprint density at radius 1 is 1.50 bits per heavy atom. The molecule has 0 unspecified atom stereocenters. The number of methoxy groups -OCH3 is 1. The van der Waals surface area contributed by atoms with Crippen molar-refractivity contribution in [1.82, 2.24) is 4.98 Å². The molecule has 0 aliphatic carbocycles. The fourth-order valence-electron chi connectivity index (χ4n) is 0.885. The highest BCUT2D eigenvalue weighted by Crippen LogP contribution is 2.38. The highest BCUT2D eigenvalue weighted by Gasteiger charge is 2.34. The molecule has 0 amide bonds. The molecule has 0 radical (unpaired) electrons. The number of aromatic nitrogens is 1. The smallest absolute Gasteiger partial charge is 0.494 e. The minimum absolute atomic E-state index is 0.0400. The third-order valence-electron chi connectivity index (χ3n) is 1.49. The molecule has 1 rings (SSSR count). The Balaban J connectivity index is 3.28. The second-order valence-corrected chi connectivity index (χ2v) is 3.27. The van der Waals surface area contributed by atoms with Crippen LogP contribution in [0.5, 0.6) is 11.5 Å². The standard InChI is InChI=1S/C8H4BrF3N2O2/c1-15-5-3-14-4(2-13)7(6(5)9)16-8(10,11)12/h3H,1H3. The van der Waals surface area contributed by atoms with Crippen LogP contribution in [0.15, 0.2) is 10.7 Å². The molecule has 1 aromatic heterocycles. The number of alkyl halides is 3. The zero-order chi connectivity index (χ0) is 12.3. The Morgan fingerprint density at radius 3 is 2.56 bits per heavy atom. The van der Waals surface area contributed by atoms with Gasteiger partial charge in [0, 0.05) is 0 Å². The molecular weight excluding hydrogens is 293 g/mol. The molecule has 1 heterocycles. The summed E-state index contributed by atoms with van der Waals surface area (Å²) < 4.78 is 44.5. The zero-order valence-electron chi connectivity index (χ0n) is 7.80. The maximum Gasteiger partial charge on any atom is 0.573 e. The molecule has 4 nitrogen and oxygen atoms in total. The van der Waals surface area contributed by atoms with Crippen LogP contribution in [0.1, 0.15) is 5.69 Å². The Bertz CT molecular complexity index is 442. The summed E-state index contributed by atoms with van der Waals surface area (Å²) >= 11 is 2.84. The van der Waals surface area contributed by atoms with Gasteiger partial charge in [-0.1, -0.05) is 0 Å². The molecule has 0 N–H and O–H groups in total. The highest BCUT2D eigenvalue weighted by atomic mass is 79.9. The summed E-state index contributed by atoms with van der Waals surface area (Å²) in [5.74, 6) is -0.674. The van der Waals surface area contributed by atoms with Crippen LogP contribution in [-0.4, -0.2) is 18.5 Å². The average molecular weight is 297 g/mol. The van der Waals surface area contributed by atoms with Crippen molar-refractivity contribution in [2.24, 2.45) is 0 Å². The predicted molar refractivity (Wildman–Crippen MR) is 49.9 cm³/mol. The Labute approximate surface area is 96.7 Å². The summed E-state index contributed by atoms with van der Waals surface area (Å²) in [6.07, 6.45) is -3.78. The second kappa shape index (κ2) is 4.57. The summed E-state index contributed by atoms with van der Waals surface area (Å²) in [4.78, 5) is 3.47. The number of pyridine rings is 1. The first-order chi connectivity index (χ1) is 7.39. The molecule has 0 bridgehead atoms. The van der Waals surface area contributed by atoms with Crippen LogP contribution in [0.4, 0.5) is 13.2 Å². The molecule has 0 aromatic carbocycles. The van der Waals surface area contributed by atoms with Crippen LogP contribution in [0, 0.1) is 11.3 Å². The van der Waals surface area contributed by atoms with Crippen molar-refractivity contribution in [3.8, 4) is 17.6 Å². The normalized spacial score (nSPS) is 10.8. The number of nitriles is 1. The SMILES string of the molecule is COc1cnc(C#N)c(OC(F)(F)F)c1Br. The van der Waals surface area contributed by atoms with Gasteiger partial charge in [0.2, 0.25) is 0 Å². The summed E-state index contributed by atoms with van der Waals surface area (Å²) in [5.41, 5.74) is -0.481. The van der Waals surface area contributed by atoms with Crippen LogP contribution in [0.2, 0.25) is 0 Å². The number of rotatable bonds is 2. The maximum absolute atomic E-state index is 12.1. The van der Waals surface area contributed by atoms with Crippen molar-refractivity contribution in [3.05, 3.63) is 16.4 Å². The Kier molecular flexibility index (Phi) is 3.59. The van der Waals surface area contributed by atoms with Crippen LogP contribution >= 0.6 is 15.9 Å². The lowest BCUT2D eigenvalue weighted by Gasteiger charge is -2.12. The monoisotopic (exact) mass is 296 g/mol. The van der Waals surface area contributed by atoms with E-state index in [9.17, 15) is 13.2 Å². The maximum atomic E-state index is 12.1. The molecule has 0 saturated heterocycles. The van der Waals surface area contributed by atoms with Gasteiger partial charge in [0.15, 0.2) is 17.2 Å². The molecule has 16 heavy (non-hydrogen) atoms. The van der Waals surface area contributed by atoms with E-state index in [2.05, 4.69) is 25.7 Å². The summed E-state index contributed by atoms with van der Waals surface area (Å²) in [7, 11) is 1.26. The lowest BCUT2D eigenvalue weighted by atomic mass is 10.3.